The van der Waals surface area contributed by atoms with Crippen LogP contribution in [0.4, 0.5) is 4.39 Å². The molecule has 15 heavy (non-hydrogen) atoms. The molecule has 0 aliphatic carbocycles. The van der Waals surface area contributed by atoms with E-state index in [-0.39, 0.29) is 5.82 Å². The summed E-state index contributed by atoms with van der Waals surface area (Å²) in [6.45, 7) is 11.5. The first kappa shape index (κ1) is 16.1. The lowest BCUT2D eigenvalue weighted by Gasteiger charge is -1.99. The van der Waals surface area contributed by atoms with Crippen LogP contribution in [0.3, 0.4) is 0 Å². The molecule has 0 unspecified atom stereocenters. The van der Waals surface area contributed by atoms with Gasteiger partial charge in [-0.25, -0.2) is 4.39 Å². The van der Waals surface area contributed by atoms with Crippen molar-refractivity contribution in [3.63, 3.8) is 0 Å². The first-order valence-electron chi connectivity index (χ1n) is 5.32. The summed E-state index contributed by atoms with van der Waals surface area (Å²) in [5.74, 6) is -0.313. The molecule has 0 saturated heterocycles. The van der Waals surface area contributed by atoms with Crippen LogP contribution in [-0.2, 0) is 0 Å². The van der Waals surface area contributed by atoms with Gasteiger partial charge in [0.1, 0.15) is 5.82 Å². The topological polar surface area (TPSA) is 23.8 Å². The lowest BCUT2D eigenvalue weighted by atomic mass is 10.1. The smallest absolute Gasteiger partial charge is 0.127 e. The van der Waals surface area contributed by atoms with Crippen LogP contribution in [0.25, 0.3) is 0 Å². The summed E-state index contributed by atoms with van der Waals surface area (Å²) < 4.78 is 12.8. The molecule has 0 aliphatic heterocycles. The second-order valence-electron chi connectivity index (χ2n) is 2.53. The molecule has 1 aromatic carbocycles. The summed E-state index contributed by atoms with van der Waals surface area (Å²) in [5.41, 5.74) is 1.82. The number of hydrogen-bond donors (Lipinski definition) is 0. The van der Waals surface area contributed by atoms with E-state index < -0.39 is 0 Å². The molecule has 1 nitrogen and oxygen atoms in total. The summed E-state index contributed by atoms with van der Waals surface area (Å²) in [4.78, 5) is 0. The fourth-order valence-electron chi connectivity index (χ4n) is 0.946. The third-order valence-corrected chi connectivity index (χ3v) is 1.63. The van der Waals surface area contributed by atoms with Crippen molar-refractivity contribution in [2.45, 2.75) is 41.5 Å². The van der Waals surface area contributed by atoms with E-state index in [1.165, 1.54) is 6.07 Å². The lowest BCUT2D eigenvalue weighted by Crippen LogP contribution is -1.88. The molecule has 0 aromatic heterocycles. The largest absolute Gasteiger partial charge is 0.207 e. The summed E-state index contributed by atoms with van der Waals surface area (Å²) in [6.07, 6.45) is 0. The molecule has 0 atom stereocenters. The molecule has 0 amide bonds. The summed E-state index contributed by atoms with van der Waals surface area (Å²) in [7, 11) is 0. The van der Waals surface area contributed by atoms with Gasteiger partial charge >= 0.3 is 0 Å². The number of benzene rings is 1. The summed E-state index contributed by atoms with van der Waals surface area (Å²) >= 11 is 0. The number of rotatable bonds is 0. The van der Waals surface area contributed by atoms with Gasteiger partial charge in [0.05, 0.1) is 11.6 Å². The van der Waals surface area contributed by atoms with Crippen molar-refractivity contribution in [2.75, 3.05) is 0 Å². The molecule has 0 aliphatic rings. The maximum absolute atomic E-state index is 12.8. The minimum atomic E-state index is -0.313. The van der Waals surface area contributed by atoms with Crippen molar-refractivity contribution >= 4 is 0 Å². The van der Waals surface area contributed by atoms with Crippen molar-refractivity contribution in [1.82, 2.24) is 0 Å². The van der Waals surface area contributed by atoms with Crippen molar-refractivity contribution in [3.05, 3.63) is 34.6 Å². The van der Waals surface area contributed by atoms with E-state index in [0.717, 1.165) is 5.56 Å². The second kappa shape index (κ2) is 9.21. The van der Waals surface area contributed by atoms with Gasteiger partial charge in [-0.2, -0.15) is 5.26 Å². The molecule has 0 fully saturated rings. The Kier molecular flexibility index (Phi) is 9.87. The Morgan fingerprint density at radius 2 is 1.47 bits per heavy atom. The van der Waals surface area contributed by atoms with Gasteiger partial charge in [-0.05, 0) is 31.0 Å². The minimum Gasteiger partial charge on any atom is -0.207 e. The van der Waals surface area contributed by atoms with Gasteiger partial charge < -0.3 is 0 Å². The molecule has 0 N–H and O–H groups in total. The first-order valence-corrected chi connectivity index (χ1v) is 5.32. The minimum absolute atomic E-state index is 0.313. The second-order valence-corrected chi connectivity index (χ2v) is 2.53. The lowest BCUT2D eigenvalue weighted by molar-refractivity contribution is 0.617. The van der Waals surface area contributed by atoms with E-state index >= 15 is 0 Å². The number of halogens is 1. The molecule has 0 bridgehead atoms. The normalized spacial score (nSPS) is 7.60. The zero-order chi connectivity index (χ0) is 12.4. The average Bonchev–Trinajstić information content (AvgIpc) is 2.29. The maximum Gasteiger partial charge on any atom is 0.127 e. The molecule has 0 spiro atoms. The number of aryl methyl sites for hydroxylation is 2. The molecule has 2 heteroatoms. The Bertz CT molecular complexity index is 324. The van der Waals surface area contributed by atoms with E-state index in [1.807, 2.05) is 33.8 Å². The fourth-order valence-corrected chi connectivity index (χ4v) is 0.946. The molecule has 0 radical (unpaired) electrons. The van der Waals surface area contributed by atoms with Gasteiger partial charge in [0, 0.05) is 0 Å². The predicted octanol–water partition coefficient (Wildman–Crippen LogP) is 4.37. The van der Waals surface area contributed by atoms with Crippen molar-refractivity contribution in [2.24, 2.45) is 0 Å². The Morgan fingerprint density at radius 3 is 1.87 bits per heavy atom. The quantitative estimate of drug-likeness (QED) is 0.622. The Hall–Kier alpha value is -1.36. The monoisotopic (exact) mass is 209 g/mol. The van der Waals surface area contributed by atoms with Gasteiger partial charge in [0.2, 0.25) is 0 Å². The van der Waals surface area contributed by atoms with Crippen LogP contribution in [0.1, 0.15) is 44.4 Å². The standard InChI is InChI=1S/C9H8FN.2C2H6/c1-6-3-7(2)9(10)4-8(6)5-11;2*1-2/h3-4H,1-2H3;2*1-2H3. The third-order valence-electron chi connectivity index (χ3n) is 1.63. The number of nitriles is 1. The van der Waals surface area contributed by atoms with Gasteiger partial charge in [-0.1, -0.05) is 33.8 Å². The molecule has 0 heterocycles. The van der Waals surface area contributed by atoms with Crippen LogP contribution in [-0.4, -0.2) is 0 Å². The molecule has 84 valence electrons. The summed E-state index contributed by atoms with van der Waals surface area (Å²) in [5, 5.41) is 8.52. The van der Waals surface area contributed by atoms with Gasteiger partial charge in [-0.3, -0.25) is 0 Å². The van der Waals surface area contributed by atoms with E-state index in [0.29, 0.717) is 11.1 Å². The highest BCUT2D eigenvalue weighted by molar-refractivity contribution is 5.39. The van der Waals surface area contributed by atoms with Crippen LogP contribution in [0.2, 0.25) is 0 Å². The van der Waals surface area contributed by atoms with Crippen molar-refractivity contribution in [3.8, 4) is 6.07 Å². The van der Waals surface area contributed by atoms with Gasteiger partial charge in [0.15, 0.2) is 0 Å². The third kappa shape index (κ3) is 5.17. The molecule has 1 aromatic rings. The zero-order valence-corrected chi connectivity index (χ0v) is 10.5. The van der Waals surface area contributed by atoms with E-state index in [2.05, 4.69) is 0 Å². The van der Waals surface area contributed by atoms with Crippen molar-refractivity contribution < 1.29 is 4.39 Å². The first-order chi connectivity index (χ1) is 7.15. The van der Waals surface area contributed by atoms with Crippen LogP contribution < -0.4 is 0 Å². The SMILES string of the molecule is CC.CC.Cc1cc(C)c(C#N)cc1F. The van der Waals surface area contributed by atoms with Crippen LogP contribution in [0.15, 0.2) is 12.1 Å². The molecular formula is C13H20FN. The highest BCUT2D eigenvalue weighted by atomic mass is 19.1. The Morgan fingerprint density at radius 1 is 1.00 bits per heavy atom. The van der Waals surface area contributed by atoms with E-state index in [4.69, 9.17) is 5.26 Å². The van der Waals surface area contributed by atoms with Gasteiger partial charge in [0.25, 0.3) is 0 Å². The number of nitrogens with zero attached hydrogens (tertiary/aromatic N) is 1. The van der Waals surface area contributed by atoms with E-state index in [9.17, 15) is 4.39 Å². The zero-order valence-electron chi connectivity index (χ0n) is 10.5. The predicted molar refractivity (Wildman–Crippen MR) is 63.3 cm³/mol. The van der Waals surface area contributed by atoms with Gasteiger partial charge in [-0.15, -0.1) is 0 Å². The summed E-state index contributed by atoms with van der Waals surface area (Å²) in [6, 6.07) is 4.87. The molecular weight excluding hydrogens is 189 g/mol. The molecule has 1 rings (SSSR count). The fraction of sp³-hybridized carbons (Fsp3) is 0.462. The Labute approximate surface area is 92.6 Å². The highest BCUT2D eigenvalue weighted by Gasteiger charge is 2.01. The van der Waals surface area contributed by atoms with Crippen LogP contribution in [0.5, 0.6) is 0 Å². The number of hydrogen-bond acceptors (Lipinski definition) is 1. The highest BCUT2D eigenvalue weighted by Crippen LogP contribution is 2.13. The average molecular weight is 209 g/mol. The Balaban J connectivity index is 0. The van der Waals surface area contributed by atoms with E-state index in [1.54, 1.807) is 19.9 Å². The maximum atomic E-state index is 12.8. The molecule has 0 saturated carbocycles. The van der Waals surface area contributed by atoms with Crippen molar-refractivity contribution in [1.29, 1.82) is 5.26 Å². The van der Waals surface area contributed by atoms with Crippen LogP contribution >= 0.6 is 0 Å². The van der Waals surface area contributed by atoms with Crippen LogP contribution in [0, 0.1) is 31.0 Å².